The third-order valence-electron chi connectivity index (χ3n) is 5.30. The van der Waals surface area contributed by atoms with Crippen molar-refractivity contribution in [2.45, 2.75) is 44.2 Å². The van der Waals surface area contributed by atoms with Crippen molar-refractivity contribution in [1.82, 2.24) is 10.3 Å². The molecular formula is C21H23ClN2O5. The summed E-state index contributed by atoms with van der Waals surface area (Å²) in [6, 6.07) is 8.05. The van der Waals surface area contributed by atoms with Crippen molar-refractivity contribution in [3.8, 4) is 11.5 Å². The first-order valence-corrected chi connectivity index (χ1v) is 9.65. The molecule has 0 spiro atoms. The minimum atomic E-state index is -0.918. The number of esters is 1. The van der Waals surface area contributed by atoms with Gasteiger partial charge in [0.2, 0.25) is 0 Å². The van der Waals surface area contributed by atoms with Crippen LogP contribution in [0.4, 0.5) is 0 Å². The Balaban J connectivity index is 1.63. The Kier molecular flexibility index (Phi) is 5.98. The van der Waals surface area contributed by atoms with E-state index in [-0.39, 0.29) is 28.7 Å². The van der Waals surface area contributed by atoms with Crippen LogP contribution in [0, 0.1) is 0 Å². The number of pyridine rings is 1. The van der Waals surface area contributed by atoms with Crippen LogP contribution < -0.4 is 10.1 Å². The number of methoxy groups -OCH3 is 1. The highest BCUT2D eigenvalue weighted by atomic mass is 35.5. The van der Waals surface area contributed by atoms with Gasteiger partial charge in [-0.25, -0.2) is 9.78 Å². The minimum absolute atomic E-state index is 0.118. The Morgan fingerprint density at radius 1 is 1.21 bits per heavy atom. The lowest BCUT2D eigenvalue weighted by Crippen LogP contribution is -2.42. The second-order valence-electron chi connectivity index (χ2n) is 7.15. The fourth-order valence-electron chi connectivity index (χ4n) is 3.33. The first kappa shape index (κ1) is 20.9. The lowest BCUT2D eigenvalue weighted by molar-refractivity contribution is -0.151. The molecule has 1 aromatic carbocycles. The number of nitrogens with zero attached hydrogens (tertiary/aromatic N) is 1. The molecule has 0 radical (unpaired) electrons. The van der Waals surface area contributed by atoms with Crippen LogP contribution in [0.15, 0.2) is 36.5 Å². The lowest BCUT2D eigenvalue weighted by Gasteiger charge is -2.25. The van der Waals surface area contributed by atoms with E-state index < -0.39 is 17.9 Å². The largest absolute Gasteiger partial charge is 0.503 e. The van der Waals surface area contributed by atoms with E-state index in [0.29, 0.717) is 5.02 Å². The maximum atomic E-state index is 12.5. The Bertz CT molecular complexity index is 912. The van der Waals surface area contributed by atoms with Crippen molar-refractivity contribution in [2.75, 3.05) is 7.11 Å². The van der Waals surface area contributed by atoms with Gasteiger partial charge < -0.3 is 19.9 Å². The average molecular weight is 419 g/mol. The van der Waals surface area contributed by atoms with Crippen molar-refractivity contribution in [1.29, 1.82) is 0 Å². The molecule has 1 unspecified atom stereocenters. The van der Waals surface area contributed by atoms with Gasteiger partial charge in [0.15, 0.2) is 17.2 Å². The van der Waals surface area contributed by atoms with Gasteiger partial charge in [-0.1, -0.05) is 23.7 Å². The highest BCUT2D eigenvalue weighted by Gasteiger charge is 2.51. The smallest absolute Gasteiger partial charge is 0.328 e. The van der Waals surface area contributed by atoms with Gasteiger partial charge in [-0.05, 0) is 44.4 Å². The van der Waals surface area contributed by atoms with E-state index in [2.05, 4.69) is 10.3 Å². The summed E-state index contributed by atoms with van der Waals surface area (Å²) in [6.07, 6.45) is 2.79. The summed E-state index contributed by atoms with van der Waals surface area (Å²) in [5, 5.41) is 13.2. The molecule has 154 valence electrons. The highest BCUT2D eigenvalue weighted by molar-refractivity contribution is 6.30. The molecule has 0 saturated heterocycles. The van der Waals surface area contributed by atoms with Gasteiger partial charge >= 0.3 is 5.97 Å². The zero-order chi connectivity index (χ0) is 21.2. The van der Waals surface area contributed by atoms with E-state index >= 15 is 0 Å². The van der Waals surface area contributed by atoms with E-state index in [4.69, 9.17) is 21.1 Å². The predicted octanol–water partition coefficient (Wildman–Crippen LogP) is 3.23. The topological polar surface area (TPSA) is 97.8 Å². The summed E-state index contributed by atoms with van der Waals surface area (Å²) >= 11 is 5.96. The second kappa shape index (κ2) is 8.29. The van der Waals surface area contributed by atoms with Crippen LogP contribution in [0.25, 0.3) is 0 Å². The van der Waals surface area contributed by atoms with Crippen LogP contribution >= 0.6 is 11.6 Å². The van der Waals surface area contributed by atoms with E-state index in [1.807, 2.05) is 31.2 Å². The first-order chi connectivity index (χ1) is 13.8. The van der Waals surface area contributed by atoms with E-state index in [0.717, 1.165) is 18.4 Å². The Hall–Kier alpha value is -2.80. The number of aromatic nitrogens is 1. The van der Waals surface area contributed by atoms with Crippen molar-refractivity contribution in [3.63, 3.8) is 0 Å². The monoisotopic (exact) mass is 418 g/mol. The van der Waals surface area contributed by atoms with E-state index in [1.54, 1.807) is 0 Å². The molecule has 0 bridgehead atoms. The summed E-state index contributed by atoms with van der Waals surface area (Å²) in [6.45, 7) is 3.37. The summed E-state index contributed by atoms with van der Waals surface area (Å²) in [5.41, 5.74) is 0.623. The van der Waals surface area contributed by atoms with Crippen LogP contribution in [0.5, 0.6) is 11.5 Å². The molecule has 2 aromatic rings. The van der Waals surface area contributed by atoms with Gasteiger partial charge in [0.25, 0.3) is 5.91 Å². The fraction of sp³-hybridized carbons (Fsp3) is 0.381. The number of hydrogen-bond acceptors (Lipinski definition) is 6. The maximum absolute atomic E-state index is 12.5. The van der Waals surface area contributed by atoms with Gasteiger partial charge in [-0.15, -0.1) is 0 Å². The minimum Gasteiger partial charge on any atom is -0.503 e. The number of hydrogen-bond donors (Lipinski definition) is 2. The van der Waals surface area contributed by atoms with Crippen LogP contribution in [0.3, 0.4) is 0 Å². The molecule has 7 nitrogen and oxygen atoms in total. The summed E-state index contributed by atoms with van der Waals surface area (Å²) in [7, 11) is 1.37. The van der Waals surface area contributed by atoms with E-state index in [1.165, 1.54) is 26.3 Å². The average Bonchev–Trinajstić information content (AvgIpc) is 3.50. The zero-order valence-corrected chi connectivity index (χ0v) is 17.2. The molecule has 1 aliphatic rings. The van der Waals surface area contributed by atoms with E-state index in [9.17, 15) is 14.7 Å². The van der Waals surface area contributed by atoms with Crippen LogP contribution in [-0.2, 0) is 14.9 Å². The Morgan fingerprint density at radius 3 is 2.45 bits per heavy atom. The molecule has 1 saturated carbocycles. The predicted molar refractivity (Wildman–Crippen MR) is 107 cm³/mol. The third kappa shape index (κ3) is 4.29. The van der Waals surface area contributed by atoms with Gasteiger partial charge in [-0.3, -0.25) is 4.79 Å². The fourth-order valence-corrected chi connectivity index (χ4v) is 3.45. The number of halogens is 1. The SMILES string of the molecule is COc1ccnc(C(=O)N[C@@H](C)C(=O)OC(C)C2(c3ccc(Cl)cc3)CC2)c1O. The molecule has 29 heavy (non-hydrogen) atoms. The lowest BCUT2D eigenvalue weighted by atomic mass is 9.91. The standard InChI is InChI=1S/C21H23ClN2O5/c1-12(24-19(26)17-18(25)16(28-3)8-11-23-17)20(27)29-13(2)21(9-10-21)14-4-6-15(22)7-5-14/h4-8,11-13,25H,9-10H2,1-3H3,(H,24,26)/t12-,13?/m0/s1. The van der Waals surface area contributed by atoms with Gasteiger partial charge in [-0.2, -0.15) is 0 Å². The molecule has 8 heteroatoms. The Morgan fingerprint density at radius 2 is 1.86 bits per heavy atom. The first-order valence-electron chi connectivity index (χ1n) is 9.28. The molecule has 2 atom stereocenters. The molecule has 1 fully saturated rings. The van der Waals surface area contributed by atoms with Crippen molar-refractivity contribution < 1.29 is 24.2 Å². The van der Waals surface area contributed by atoms with Crippen LogP contribution in [0.2, 0.25) is 5.02 Å². The number of nitrogens with one attached hydrogen (secondary N) is 1. The maximum Gasteiger partial charge on any atom is 0.328 e. The number of amides is 1. The molecule has 1 amide bonds. The number of benzene rings is 1. The van der Waals surface area contributed by atoms with Crippen LogP contribution in [-0.4, -0.2) is 41.2 Å². The molecule has 0 aliphatic heterocycles. The number of carbonyl (C=O) groups excluding carboxylic acids is 2. The van der Waals surface area contributed by atoms with Crippen molar-refractivity contribution >= 4 is 23.5 Å². The van der Waals surface area contributed by atoms with Crippen LogP contribution in [0.1, 0.15) is 42.7 Å². The summed E-state index contributed by atoms with van der Waals surface area (Å²) in [4.78, 5) is 28.8. The van der Waals surface area contributed by atoms with Crippen molar-refractivity contribution in [2.24, 2.45) is 0 Å². The third-order valence-corrected chi connectivity index (χ3v) is 5.55. The molecular weight excluding hydrogens is 396 g/mol. The highest BCUT2D eigenvalue weighted by Crippen LogP contribution is 2.52. The molecule has 2 N–H and O–H groups in total. The quantitative estimate of drug-likeness (QED) is 0.670. The second-order valence-corrected chi connectivity index (χ2v) is 7.58. The van der Waals surface area contributed by atoms with Gasteiger partial charge in [0.05, 0.1) is 7.11 Å². The molecule has 3 rings (SSSR count). The number of aromatic hydroxyl groups is 1. The number of carbonyl (C=O) groups is 2. The van der Waals surface area contributed by atoms with Gasteiger partial charge in [0, 0.05) is 22.7 Å². The van der Waals surface area contributed by atoms with Gasteiger partial charge in [0.1, 0.15) is 12.1 Å². The number of rotatable bonds is 7. The van der Waals surface area contributed by atoms with Crippen molar-refractivity contribution in [3.05, 3.63) is 52.8 Å². The molecule has 1 aliphatic carbocycles. The zero-order valence-electron chi connectivity index (χ0n) is 16.4. The summed E-state index contributed by atoms with van der Waals surface area (Å²) in [5.74, 6) is -1.53. The molecule has 1 aromatic heterocycles. The molecule has 1 heterocycles. The summed E-state index contributed by atoms with van der Waals surface area (Å²) < 4.78 is 10.6. The normalized spacial score (nSPS) is 16.4. The Labute approximate surface area is 174 Å². The number of ether oxygens (including phenoxy) is 2.